The van der Waals surface area contributed by atoms with Crippen molar-refractivity contribution < 1.29 is 15.4 Å². The first-order chi connectivity index (χ1) is 23.5. The van der Waals surface area contributed by atoms with Crippen molar-refractivity contribution >= 4 is 43.5 Å². The second-order valence-corrected chi connectivity index (χ2v) is 10.5. The molecule has 0 saturated carbocycles. The van der Waals surface area contributed by atoms with Crippen LogP contribution < -0.4 is 0 Å². The molecule has 41 heavy (non-hydrogen) atoms. The normalized spacial score (nSPS) is 14.4. The Morgan fingerprint density at radius 1 is 0.488 bits per heavy atom. The molecule has 0 bridgehead atoms. The summed E-state index contributed by atoms with van der Waals surface area (Å²) in [5.74, 6) is 0. The molecule has 1 heteroatoms. The Morgan fingerprint density at radius 3 is 1.73 bits per heavy atom. The van der Waals surface area contributed by atoms with Gasteiger partial charge in [0.2, 0.25) is 0 Å². The third-order valence-corrected chi connectivity index (χ3v) is 7.76. The van der Waals surface area contributed by atoms with Gasteiger partial charge < -0.3 is 4.42 Å². The molecule has 0 amide bonds. The molecule has 8 rings (SSSR count). The molecule has 0 saturated heterocycles. The molecule has 0 aliphatic rings. The van der Waals surface area contributed by atoms with Crippen molar-refractivity contribution in [2.75, 3.05) is 0 Å². The molecule has 0 aliphatic heterocycles. The van der Waals surface area contributed by atoms with Crippen molar-refractivity contribution in [2.24, 2.45) is 0 Å². The molecule has 0 spiro atoms. The van der Waals surface area contributed by atoms with Crippen LogP contribution in [0, 0.1) is 13.8 Å². The maximum atomic E-state index is 9.44. The van der Waals surface area contributed by atoms with E-state index in [1.807, 2.05) is 68.4 Å². The average Bonchev–Trinajstić information content (AvgIpc) is 3.48. The van der Waals surface area contributed by atoms with Crippen LogP contribution in [0.3, 0.4) is 0 Å². The highest BCUT2D eigenvalue weighted by atomic mass is 16.3. The highest BCUT2D eigenvalue weighted by Crippen LogP contribution is 2.50. The Labute approximate surface area is 250 Å². The topological polar surface area (TPSA) is 13.1 Å². The number of benzene rings is 7. The van der Waals surface area contributed by atoms with E-state index >= 15 is 0 Å². The summed E-state index contributed by atoms with van der Waals surface area (Å²) in [7, 11) is 0. The Morgan fingerprint density at radius 2 is 1.07 bits per heavy atom. The molecule has 0 unspecified atom stereocenters. The average molecular weight is 533 g/mol. The van der Waals surface area contributed by atoms with Gasteiger partial charge in [-0.2, -0.15) is 0 Å². The molecule has 1 heterocycles. The number of fused-ring (bicyclic) bond motifs is 5. The molecule has 0 atom stereocenters. The van der Waals surface area contributed by atoms with Crippen molar-refractivity contribution in [1.29, 1.82) is 0 Å². The van der Waals surface area contributed by atoms with Crippen molar-refractivity contribution in [2.45, 2.75) is 13.8 Å². The van der Waals surface area contributed by atoms with Crippen LogP contribution in [-0.4, -0.2) is 0 Å². The predicted molar refractivity (Wildman–Crippen MR) is 175 cm³/mol. The smallest absolute Gasteiger partial charge is 0.136 e. The fourth-order valence-electron chi connectivity index (χ4n) is 6.22. The van der Waals surface area contributed by atoms with E-state index in [4.69, 9.17) is 9.90 Å². The van der Waals surface area contributed by atoms with Gasteiger partial charge in [-0.15, -0.1) is 0 Å². The highest BCUT2D eigenvalue weighted by molar-refractivity contribution is 6.27. The van der Waals surface area contributed by atoms with Crippen LogP contribution >= 0.6 is 0 Å². The van der Waals surface area contributed by atoms with Crippen LogP contribution in [0.5, 0.6) is 0 Å². The van der Waals surface area contributed by atoms with E-state index in [-0.39, 0.29) is 45.7 Å². The van der Waals surface area contributed by atoms with E-state index in [0.717, 1.165) is 27.6 Å². The minimum atomic E-state index is -0.435. The Kier molecular flexibility index (Phi) is 3.79. The standard InChI is InChI=1S/C40H28O/c1-25-22-26(2)24-28(23-25)29-20-21-36-39(34-18-10-11-19-35(34)41-36)40(29)38-32-16-8-6-14-30(32)37(27-12-4-3-5-13-27)31-15-7-9-17-33(31)38/h3-24H,1-2H3/i6D,7D,8D,9D,14D,15D,16D,17D. The quantitative estimate of drug-likeness (QED) is 0.206. The largest absolute Gasteiger partial charge is 0.456 e. The second-order valence-electron chi connectivity index (χ2n) is 10.5. The number of furan rings is 1. The molecular weight excluding hydrogens is 496 g/mol. The monoisotopic (exact) mass is 532 g/mol. The lowest BCUT2D eigenvalue weighted by Crippen LogP contribution is -1.94. The molecule has 194 valence electrons. The number of rotatable bonds is 3. The lowest BCUT2D eigenvalue weighted by Gasteiger charge is -2.20. The van der Waals surface area contributed by atoms with Gasteiger partial charge in [0.15, 0.2) is 0 Å². The SMILES string of the molecule is [2H]c1c([2H])c([2H])c2c(-c3c(-c4cc(C)cc(C)c4)ccc4oc5ccccc5c34)c3c([2H])c([2H])c([2H])c([2H])c3c(-c3ccccc3)c2c1[2H]. The Bertz CT molecular complexity index is 2610. The van der Waals surface area contributed by atoms with Gasteiger partial charge in [0.1, 0.15) is 11.2 Å². The van der Waals surface area contributed by atoms with Crippen molar-refractivity contribution in [3.63, 3.8) is 0 Å². The van der Waals surface area contributed by atoms with E-state index in [2.05, 4.69) is 6.07 Å². The zero-order chi connectivity index (χ0) is 34.5. The molecule has 0 aliphatic carbocycles. The van der Waals surface area contributed by atoms with E-state index in [1.165, 1.54) is 0 Å². The van der Waals surface area contributed by atoms with Gasteiger partial charge in [-0.1, -0.05) is 132 Å². The number of hydrogen-bond donors (Lipinski definition) is 0. The first kappa shape index (κ1) is 16.8. The molecule has 7 aromatic carbocycles. The molecule has 1 aromatic heterocycles. The van der Waals surface area contributed by atoms with Crippen LogP contribution in [0.4, 0.5) is 0 Å². The van der Waals surface area contributed by atoms with Gasteiger partial charge in [0.25, 0.3) is 0 Å². The first-order valence-electron chi connectivity index (χ1n) is 17.5. The van der Waals surface area contributed by atoms with Crippen molar-refractivity contribution in [3.8, 4) is 33.4 Å². The van der Waals surface area contributed by atoms with E-state index in [0.29, 0.717) is 38.8 Å². The van der Waals surface area contributed by atoms with E-state index in [9.17, 15) is 5.48 Å². The van der Waals surface area contributed by atoms with Crippen LogP contribution in [0.25, 0.3) is 76.9 Å². The van der Waals surface area contributed by atoms with Crippen LogP contribution in [0.1, 0.15) is 22.1 Å². The van der Waals surface area contributed by atoms with Gasteiger partial charge in [0.05, 0.1) is 11.0 Å². The molecule has 0 radical (unpaired) electrons. The lowest BCUT2D eigenvalue weighted by atomic mass is 9.82. The molecule has 0 N–H and O–H groups in total. The zero-order valence-electron chi connectivity index (χ0n) is 30.5. The van der Waals surface area contributed by atoms with Gasteiger partial charge in [-0.25, -0.2) is 0 Å². The van der Waals surface area contributed by atoms with Crippen LogP contribution in [-0.2, 0) is 0 Å². The van der Waals surface area contributed by atoms with Crippen LogP contribution in [0.2, 0.25) is 0 Å². The fourth-order valence-corrected chi connectivity index (χ4v) is 6.22. The summed E-state index contributed by atoms with van der Waals surface area (Å²) in [6, 6.07) is 23.7. The van der Waals surface area contributed by atoms with Gasteiger partial charge in [0, 0.05) is 16.3 Å². The Balaban J connectivity index is 1.78. The van der Waals surface area contributed by atoms with Crippen LogP contribution in [0.15, 0.2) is 138 Å². The molecule has 0 fully saturated rings. The van der Waals surface area contributed by atoms with E-state index in [1.54, 1.807) is 24.3 Å². The lowest BCUT2D eigenvalue weighted by molar-refractivity contribution is 0.669. The minimum Gasteiger partial charge on any atom is -0.456 e. The van der Waals surface area contributed by atoms with Crippen molar-refractivity contribution in [3.05, 3.63) is 144 Å². The third-order valence-electron chi connectivity index (χ3n) is 7.76. The maximum Gasteiger partial charge on any atom is 0.136 e. The summed E-state index contributed by atoms with van der Waals surface area (Å²) in [6.45, 7) is 4.02. The summed E-state index contributed by atoms with van der Waals surface area (Å²) < 4.78 is 79.1. The summed E-state index contributed by atoms with van der Waals surface area (Å²) in [5.41, 5.74) is 6.56. The second kappa shape index (κ2) is 9.21. The maximum absolute atomic E-state index is 9.44. The summed E-state index contributed by atoms with van der Waals surface area (Å²) >= 11 is 0. The molecular formula is C40H28O. The summed E-state index contributed by atoms with van der Waals surface area (Å²) in [4.78, 5) is 0. The minimum absolute atomic E-state index is 0.172. The number of hydrogen-bond acceptors (Lipinski definition) is 1. The molecule has 1 nitrogen and oxygen atoms in total. The summed E-state index contributed by atoms with van der Waals surface area (Å²) in [6.07, 6.45) is 0. The first-order valence-corrected chi connectivity index (χ1v) is 13.5. The van der Waals surface area contributed by atoms with Gasteiger partial charge in [-0.05, 0) is 75.3 Å². The highest BCUT2D eigenvalue weighted by Gasteiger charge is 2.23. The zero-order valence-corrected chi connectivity index (χ0v) is 22.5. The van der Waals surface area contributed by atoms with Gasteiger partial charge >= 0.3 is 0 Å². The third kappa shape index (κ3) is 3.70. The number of aryl methyl sites for hydroxylation is 2. The fraction of sp³-hybridized carbons (Fsp3) is 0.0500. The summed E-state index contributed by atoms with van der Waals surface area (Å²) in [5, 5.41) is 2.16. The van der Waals surface area contributed by atoms with E-state index < -0.39 is 24.2 Å². The molecule has 8 aromatic rings. The Hall–Kier alpha value is -5.14. The number of para-hydroxylation sites is 1. The van der Waals surface area contributed by atoms with Gasteiger partial charge in [-0.3, -0.25) is 0 Å². The van der Waals surface area contributed by atoms with Crippen molar-refractivity contribution in [1.82, 2.24) is 0 Å². The predicted octanol–water partition coefficient (Wildman–Crippen LogP) is 11.5.